The Hall–Kier alpha value is -2.24. The molecule has 1 aromatic rings. The quantitative estimate of drug-likeness (QED) is 0.669. The van der Waals surface area contributed by atoms with Gasteiger partial charge in [0.2, 0.25) is 0 Å². The topological polar surface area (TPSA) is 75.9 Å². The number of hydrogen-bond acceptors (Lipinski definition) is 5. The van der Waals surface area contributed by atoms with Crippen LogP contribution in [0.4, 0.5) is 16.2 Å². The number of hydrogen-bond donors (Lipinski definition) is 1. The maximum absolute atomic E-state index is 12.1. The minimum atomic E-state index is -0.485. The Balaban J connectivity index is 1.99. The third-order valence-corrected chi connectivity index (χ3v) is 3.71. The second kappa shape index (κ2) is 6.48. The SMILES string of the molecule is CC(=O)c1ccc(N2CCN(C(=O)OC(C)(C)C)CC2)c(N)c1. The summed E-state index contributed by atoms with van der Waals surface area (Å²) in [6.07, 6.45) is -0.281. The molecule has 2 rings (SSSR count). The van der Waals surface area contributed by atoms with E-state index in [1.807, 2.05) is 26.8 Å². The second-order valence-corrected chi connectivity index (χ2v) is 6.78. The highest BCUT2D eigenvalue weighted by atomic mass is 16.6. The minimum Gasteiger partial charge on any atom is -0.444 e. The molecule has 23 heavy (non-hydrogen) atoms. The van der Waals surface area contributed by atoms with Crippen LogP contribution in [0, 0.1) is 0 Å². The van der Waals surface area contributed by atoms with Crippen LogP contribution in [-0.2, 0) is 4.74 Å². The van der Waals surface area contributed by atoms with E-state index in [0.29, 0.717) is 37.4 Å². The number of anilines is 2. The predicted octanol–water partition coefficient (Wildman–Crippen LogP) is 2.53. The highest BCUT2D eigenvalue weighted by Crippen LogP contribution is 2.26. The number of ketones is 1. The first-order valence-corrected chi connectivity index (χ1v) is 7.81. The summed E-state index contributed by atoms with van der Waals surface area (Å²) in [6, 6.07) is 5.36. The van der Waals surface area contributed by atoms with Gasteiger partial charge >= 0.3 is 6.09 Å². The van der Waals surface area contributed by atoms with Crippen LogP contribution in [0.25, 0.3) is 0 Å². The van der Waals surface area contributed by atoms with Crippen LogP contribution in [-0.4, -0.2) is 48.6 Å². The summed E-state index contributed by atoms with van der Waals surface area (Å²) in [7, 11) is 0. The third kappa shape index (κ3) is 4.37. The number of nitrogens with zero attached hydrogens (tertiary/aromatic N) is 2. The molecule has 1 aliphatic heterocycles. The van der Waals surface area contributed by atoms with Gasteiger partial charge in [-0.2, -0.15) is 0 Å². The summed E-state index contributed by atoms with van der Waals surface area (Å²) in [4.78, 5) is 27.3. The van der Waals surface area contributed by atoms with Crippen LogP contribution < -0.4 is 10.6 Å². The van der Waals surface area contributed by atoms with Gasteiger partial charge in [0, 0.05) is 31.7 Å². The molecule has 6 nitrogen and oxygen atoms in total. The molecule has 1 aliphatic rings. The van der Waals surface area contributed by atoms with Crippen LogP contribution in [0.3, 0.4) is 0 Å². The number of rotatable bonds is 2. The van der Waals surface area contributed by atoms with Crippen LogP contribution in [0.1, 0.15) is 38.1 Å². The Morgan fingerprint density at radius 2 is 1.74 bits per heavy atom. The fourth-order valence-electron chi connectivity index (χ4n) is 2.52. The molecule has 0 saturated carbocycles. The van der Waals surface area contributed by atoms with E-state index in [1.54, 1.807) is 17.0 Å². The zero-order chi connectivity index (χ0) is 17.2. The Morgan fingerprint density at radius 1 is 1.13 bits per heavy atom. The smallest absolute Gasteiger partial charge is 0.410 e. The largest absolute Gasteiger partial charge is 0.444 e. The third-order valence-electron chi connectivity index (χ3n) is 3.71. The number of piperazine rings is 1. The fourth-order valence-corrected chi connectivity index (χ4v) is 2.52. The van der Waals surface area contributed by atoms with Crippen LogP contribution in [0.5, 0.6) is 0 Å². The van der Waals surface area contributed by atoms with Crippen molar-refractivity contribution in [2.45, 2.75) is 33.3 Å². The zero-order valence-corrected chi connectivity index (χ0v) is 14.3. The van der Waals surface area contributed by atoms with Crippen molar-refractivity contribution in [1.29, 1.82) is 0 Å². The summed E-state index contributed by atoms with van der Waals surface area (Å²) in [5.41, 5.74) is 7.68. The first-order chi connectivity index (χ1) is 10.7. The molecule has 6 heteroatoms. The molecule has 0 spiro atoms. The maximum Gasteiger partial charge on any atom is 0.410 e. The van der Waals surface area contributed by atoms with Crippen molar-refractivity contribution in [3.8, 4) is 0 Å². The molecule has 0 unspecified atom stereocenters. The highest BCUT2D eigenvalue weighted by Gasteiger charge is 2.26. The highest BCUT2D eigenvalue weighted by molar-refractivity contribution is 5.96. The lowest BCUT2D eigenvalue weighted by Crippen LogP contribution is -2.50. The Morgan fingerprint density at radius 3 is 2.22 bits per heavy atom. The van der Waals surface area contributed by atoms with E-state index in [1.165, 1.54) is 6.92 Å². The first-order valence-electron chi connectivity index (χ1n) is 7.81. The van der Waals surface area contributed by atoms with Gasteiger partial charge in [0.25, 0.3) is 0 Å². The molecular formula is C17H25N3O3. The second-order valence-electron chi connectivity index (χ2n) is 6.78. The monoisotopic (exact) mass is 319 g/mol. The summed E-state index contributed by atoms with van der Waals surface area (Å²) < 4.78 is 5.39. The van der Waals surface area contributed by atoms with Crippen LogP contribution >= 0.6 is 0 Å². The minimum absolute atomic E-state index is 0.00186. The van der Waals surface area contributed by atoms with E-state index < -0.39 is 5.60 Å². The lowest BCUT2D eigenvalue weighted by atomic mass is 10.1. The maximum atomic E-state index is 12.1. The van der Waals surface area contributed by atoms with Crippen molar-refractivity contribution < 1.29 is 14.3 Å². The molecule has 1 fully saturated rings. The molecule has 0 bridgehead atoms. The van der Waals surface area contributed by atoms with Gasteiger partial charge in [-0.25, -0.2) is 4.79 Å². The number of ether oxygens (including phenoxy) is 1. The number of nitrogens with two attached hydrogens (primary N) is 1. The number of carbonyl (C=O) groups excluding carboxylic acids is 2. The molecule has 1 amide bonds. The number of nitrogen functional groups attached to an aromatic ring is 1. The van der Waals surface area contributed by atoms with E-state index in [2.05, 4.69) is 4.90 Å². The van der Waals surface area contributed by atoms with E-state index in [0.717, 1.165) is 5.69 Å². The summed E-state index contributed by atoms with van der Waals surface area (Å²) in [5.74, 6) is -0.00186. The predicted molar refractivity (Wildman–Crippen MR) is 90.9 cm³/mol. The normalized spacial score (nSPS) is 15.5. The lowest BCUT2D eigenvalue weighted by molar-refractivity contribution is 0.0240. The van der Waals surface area contributed by atoms with Gasteiger partial charge in [0.15, 0.2) is 5.78 Å². The van der Waals surface area contributed by atoms with Gasteiger partial charge in [-0.15, -0.1) is 0 Å². The lowest BCUT2D eigenvalue weighted by Gasteiger charge is -2.37. The standard InChI is InChI=1S/C17H25N3O3/c1-12(21)13-5-6-15(14(18)11-13)19-7-9-20(10-8-19)16(22)23-17(2,3)4/h5-6,11H,7-10,18H2,1-4H3. The molecule has 2 N–H and O–H groups in total. The van der Waals surface area contributed by atoms with Gasteiger partial charge in [-0.05, 0) is 45.9 Å². The fraction of sp³-hybridized carbons (Fsp3) is 0.529. The average molecular weight is 319 g/mol. The molecule has 0 radical (unpaired) electrons. The van der Waals surface area contributed by atoms with E-state index in [4.69, 9.17) is 10.5 Å². The van der Waals surface area contributed by atoms with Gasteiger partial charge < -0.3 is 20.3 Å². The van der Waals surface area contributed by atoms with E-state index in [9.17, 15) is 9.59 Å². The zero-order valence-electron chi connectivity index (χ0n) is 14.3. The summed E-state index contributed by atoms with van der Waals surface area (Å²) >= 11 is 0. The average Bonchev–Trinajstić information content (AvgIpc) is 2.45. The molecule has 0 aromatic heterocycles. The van der Waals surface area contributed by atoms with Crippen LogP contribution in [0.15, 0.2) is 18.2 Å². The molecule has 0 atom stereocenters. The molecule has 1 heterocycles. The van der Waals surface area contributed by atoms with Gasteiger partial charge in [-0.1, -0.05) is 0 Å². The van der Waals surface area contributed by atoms with Crippen molar-refractivity contribution >= 4 is 23.3 Å². The Labute approximate surface area is 137 Å². The van der Waals surface area contributed by atoms with E-state index >= 15 is 0 Å². The molecular weight excluding hydrogens is 294 g/mol. The number of benzene rings is 1. The Kier molecular flexibility index (Phi) is 4.82. The van der Waals surface area contributed by atoms with Crippen molar-refractivity contribution in [2.24, 2.45) is 0 Å². The first kappa shape index (κ1) is 17.1. The number of carbonyl (C=O) groups is 2. The molecule has 1 saturated heterocycles. The van der Waals surface area contributed by atoms with Gasteiger partial charge in [0.05, 0.1) is 11.4 Å². The molecule has 1 aromatic carbocycles. The number of Topliss-reactive ketones (excluding diaryl/α,β-unsaturated/α-hetero) is 1. The molecule has 126 valence electrons. The van der Waals surface area contributed by atoms with Crippen LogP contribution in [0.2, 0.25) is 0 Å². The molecule has 0 aliphatic carbocycles. The number of amides is 1. The van der Waals surface area contributed by atoms with Crippen molar-refractivity contribution in [3.05, 3.63) is 23.8 Å². The summed E-state index contributed by atoms with van der Waals surface area (Å²) in [6.45, 7) is 9.64. The van der Waals surface area contributed by atoms with Crippen molar-refractivity contribution in [2.75, 3.05) is 36.8 Å². The van der Waals surface area contributed by atoms with Crippen molar-refractivity contribution in [1.82, 2.24) is 4.90 Å². The van der Waals surface area contributed by atoms with Gasteiger partial charge in [-0.3, -0.25) is 4.79 Å². The Bertz CT molecular complexity index is 600. The van der Waals surface area contributed by atoms with E-state index in [-0.39, 0.29) is 11.9 Å². The van der Waals surface area contributed by atoms with Crippen molar-refractivity contribution in [3.63, 3.8) is 0 Å². The summed E-state index contributed by atoms with van der Waals surface area (Å²) in [5, 5.41) is 0. The van der Waals surface area contributed by atoms with Gasteiger partial charge in [0.1, 0.15) is 5.60 Å².